The van der Waals surface area contributed by atoms with Crippen LogP contribution in [0.25, 0.3) is 0 Å². The van der Waals surface area contributed by atoms with Gasteiger partial charge in [0.15, 0.2) is 10.8 Å². The molecule has 2 aromatic rings. The Balaban J connectivity index is 1.74. The van der Waals surface area contributed by atoms with Crippen LogP contribution in [0.2, 0.25) is 0 Å². The molecule has 1 unspecified atom stereocenters. The van der Waals surface area contributed by atoms with Crippen molar-refractivity contribution in [2.75, 3.05) is 13.1 Å². The molecule has 1 aliphatic rings. The van der Waals surface area contributed by atoms with E-state index in [0.717, 1.165) is 0 Å². The minimum atomic E-state index is -3.68. The zero-order valence-corrected chi connectivity index (χ0v) is 14.1. The van der Waals surface area contributed by atoms with Gasteiger partial charge in [-0.15, -0.1) is 0 Å². The van der Waals surface area contributed by atoms with E-state index in [1.54, 1.807) is 4.57 Å². The van der Waals surface area contributed by atoms with Crippen molar-refractivity contribution >= 4 is 10.0 Å². The number of nitrogens with zero attached hydrogens (tertiary/aromatic N) is 4. The lowest BCUT2D eigenvalue weighted by atomic mass is 10.1. The first-order valence-corrected chi connectivity index (χ1v) is 9.24. The molecule has 1 saturated heterocycles. The standard InChI is InChI=1S/C15H19FN4O3S/c1-2-19-10-14(18-11-19)24(21,22)20-8-4-5-12(9-20)23-15-13(16)6-3-7-17-15/h3,6-7,10-12H,2,4-5,8-9H2,1H3. The summed E-state index contributed by atoms with van der Waals surface area (Å²) in [5, 5.41) is 0.0222. The number of hydrogen-bond acceptors (Lipinski definition) is 5. The van der Waals surface area contributed by atoms with Crippen LogP contribution in [0, 0.1) is 5.82 Å². The Morgan fingerprint density at radius 3 is 2.96 bits per heavy atom. The summed E-state index contributed by atoms with van der Waals surface area (Å²) in [6.07, 6.45) is 5.28. The average Bonchev–Trinajstić information content (AvgIpc) is 3.07. The summed E-state index contributed by atoms with van der Waals surface area (Å²) >= 11 is 0. The molecule has 2 aromatic heterocycles. The molecule has 130 valence electrons. The second-order valence-electron chi connectivity index (χ2n) is 5.58. The molecule has 0 aliphatic carbocycles. The molecule has 0 saturated carbocycles. The molecule has 3 rings (SSSR count). The SMILES string of the molecule is CCn1cnc(S(=O)(=O)N2CCCC(Oc3ncccc3F)C2)c1. The van der Waals surface area contributed by atoms with E-state index in [1.165, 1.54) is 35.2 Å². The molecule has 3 heterocycles. The Morgan fingerprint density at radius 2 is 2.25 bits per heavy atom. The highest BCUT2D eigenvalue weighted by Gasteiger charge is 2.33. The molecule has 0 radical (unpaired) electrons. The zero-order chi connectivity index (χ0) is 17.2. The molecule has 1 fully saturated rings. The fourth-order valence-electron chi connectivity index (χ4n) is 2.61. The van der Waals surface area contributed by atoms with Gasteiger partial charge < -0.3 is 9.30 Å². The number of piperidine rings is 1. The summed E-state index contributed by atoms with van der Waals surface area (Å²) in [5.74, 6) is -0.656. The second kappa shape index (κ2) is 6.86. The van der Waals surface area contributed by atoms with E-state index in [2.05, 4.69) is 9.97 Å². The highest BCUT2D eigenvalue weighted by Crippen LogP contribution is 2.23. The van der Waals surface area contributed by atoms with Crippen LogP contribution in [0.5, 0.6) is 5.88 Å². The van der Waals surface area contributed by atoms with Gasteiger partial charge in [0.25, 0.3) is 15.9 Å². The van der Waals surface area contributed by atoms with Crippen LogP contribution >= 0.6 is 0 Å². The van der Waals surface area contributed by atoms with Gasteiger partial charge in [-0.25, -0.2) is 22.8 Å². The van der Waals surface area contributed by atoms with E-state index < -0.39 is 21.9 Å². The lowest BCUT2D eigenvalue weighted by molar-refractivity contribution is 0.119. The number of halogens is 1. The van der Waals surface area contributed by atoms with Gasteiger partial charge in [-0.1, -0.05) is 0 Å². The summed E-state index contributed by atoms with van der Waals surface area (Å²) in [7, 11) is -3.68. The number of rotatable bonds is 5. The first kappa shape index (κ1) is 16.8. The van der Waals surface area contributed by atoms with Crippen molar-refractivity contribution in [3.8, 4) is 5.88 Å². The Hall–Kier alpha value is -2.00. The van der Waals surface area contributed by atoms with Crippen molar-refractivity contribution in [1.29, 1.82) is 0 Å². The van der Waals surface area contributed by atoms with Gasteiger partial charge in [-0.2, -0.15) is 4.31 Å². The molecular weight excluding hydrogens is 335 g/mol. The summed E-state index contributed by atoms with van der Waals surface area (Å²) in [4.78, 5) is 7.83. The van der Waals surface area contributed by atoms with Crippen molar-refractivity contribution < 1.29 is 17.5 Å². The third-order valence-electron chi connectivity index (χ3n) is 3.92. The molecule has 0 amide bonds. The van der Waals surface area contributed by atoms with Crippen LogP contribution in [0.1, 0.15) is 19.8 Å². The highest BCUT2D eigenvalue weighted by atomic mass is 32.2. The normalized spacial score (nSPS) is 19.3. The van der Waals surface area contributed by atoms with Crippen molar-refractivity contribution in [2.45, 2.75) is 37.4 Å². The minimum absolute atomic E-state index is 0.0222. The third-order valence-corrected chi connectivity index (χ3v) is 5.67. The molecule has 0 spiro atoms. The van der Waals surface area contributed by atoms with Gasteiger partial charge in [0.2, 0.25) is 0 Å². The maximum Gasteiger partial charge on any atom is 0.262 e. The van der Waals surface area contributed by atoms with Gasteiger partial charge in [-0.3, -0.25) is 0 Å². The molecule has 9 heteroatoms. The summed E-state index contributed by atoms with van der Waals surface area (Å²) in [6.45, 7) is 3.10. The van der Waals surface area contributed by atoms with E-state index >= 15 is 0 Å². The van der Waals surface area contributed by atoms with E-state index in [4.69, 9.17) is 4.74 Å². The Kier molecular flexibility index (Phi) is 4.81. The van der Waals surface area contributed by atoms with Crippen LogP contribution < -0.4 is 4.74 Å². The summed E-state index contributed by atoms with van der Waals surface area (Å²) in [6, 6.07) is 2.74. The van der Waals surface area contributed by atoms with E-state index in [1.807, 2.05) is 6.92 Å². The summed E-state index contributed by atoms with van der Waals surface area (Å²) in [5.41, 5.74) is 0. The highest BCUT2D eigenvalue weighted by molar-refractivity contribution is 7.89. The fraction of sp³-hybridized carbons (Fsp3) is 0.467. The number of pyridine rings is 1. The fourth-order valence-corrected chi connectivity index (χ4v) is 4.06. The smallest absolute Gasteiger partial charge is 0.262 e. The third kappa shape index (κ3) is 3.41. The first-order chi connectivity index (χ1) is 11.5. The first-order valence-electron chi connectivity index (χ1n) is 7.80. The number of imidazole rings is 1. The molecule has 24 heavy (non-hydrogen) atoms. The topological polar surface area (TPSA) is 77.3 Å². The van der Waals surface area contributed by atoms with Crippen molar-refractivity contribution in [3.63, 3.8) is 0 Å². The quantitative estimate of drug-likeness (QED) is 0.816. The van der Waals surface area contributed by atoms with Crippen LogP contribution in [0.4, 0.5) is 4.39 Å². The molecule has 0 bridgehead atoms. The number of hydrogen-bond donors (Lipinski definition) is 0. The molecule has 7 nitrogen and oxygen atoms in total. The number of aryl methyl sites for hydroxylation is 1. The number of ether oxygens (including phenoxy) is 1. The van der Waals surface area contributed by atoms with Gasteiger partial charge in [0.1, 0.15) is 6.10 Å². The Bertz CT molecular complexity index is 809. The van der Waals surface area contributed by atoms with Crippen LogP contribution in [-0.4, -0.2) is 46.5 Å². The zero-order valence-electron chi connectivity index (χ0n) is 13.3. The van der Waals surface area contributed by atoms with Gasteiger partial charge in [0, 0.05) is 25.5 Å². The van der Waals surface area contributed by atoms with Gasteiger partial charge in [-0.05, 0) is 31.9 Å². The second-order valence-corrected chi connectivity index (χ2v) is 7.46. The maximum atomic E-state index is 13.7. The largest absolute Gasteiger partial charge is 0.471 e. The van der Waals surface area contributed by atoms with E-state index in [9.17, 15) is 12.8 Å². The predicted molar refractivity (Wildman–Crippen MR) is 84.5 cm³/mol. The maximum absolute atomic E-state index is 13.7. The predicted octanol–water partition coefficient (Wildman–Crippen LogP) is 1.67. The monoisotopic (exact) mass is 354 g/mol. The lowest BCUT2D eigenvalue weighted by Gasteiger charge is -2.31. The van der Waals surface area contributed by atoms with Crippen LogP contribution in [-0.2, 0) is 16.6 Å². The molecule has 0 N–H and O–H groups in total. The van der Waals surface area contributed by atoms with Crippen molar-refractivity contribution in [3.05, 3.63) is 36.7 Å². The minimum Gasteiger partial charge on any atom is -0.471 e. The van der Waals surface area contributed by atoms with Gasteiger partial charge in [0.05, 0.1) is 12.9 Å². The Morgan fingerprint density at radius 1 is 1.42 bits per heavy atom. The van der Waals surface area contributed by atoms with Crippen molar-refractivity contribution in [2.24, 2.45) is 0 Å². The molecular formula is C15H19FN4O3S. The van der Waals surface area contributed by atoms with E-state index in [0.29, 0.717) is 25.9 Å². The van der Waals surface area contributed by atoms with Crippen LogP contribution in [0.15, 0.2) is 35.9 Å². The van der Waals surface area contributed by atoms with Gasteiger partial charge >= 0.3 is 0 Å². The molecule has 1 aliphatic heterocycles. The summed E-state index contributed by atoms with van der Waals surface area (Å²) < 4.78 is 47.6. The van der Waals surface area contributed by atoms with Crippen LogP contribution in [0.3, 0.4) is 0 Å². The molecule has 0 aromatic carbocycles. The average molecular weight is 354 g/mol. The van der Waals surface area contributed by atoms with E-state index in [-0.39, 0.29) is 17.5 Å². The number of aromatic nitrogens is 3. The molecule has 1 atom stereocenters. The lowest BCUT2D eigenvalue weighted by Crippen LogP contribution is -2.44. The van der Waals surface area contributed by atoms with Crippen molar-refractivity contribution in [1.82, 2.24) is 18.8 Å². The number of sulfonamides is 1. The Labute approximate surface area is 140 Å².